The van der Waals surface area contributed by atoms with Crippen LogP contribution in [-0.2, 0) is 10.9 Å². The lowest BCUT2D eigenvalue weighted by molar-refractivity contribution is -0.159. The third kappa shape index (κ3) is 2.72. The molecule has 0 saturated carbocycles. The summed E-state index contributed by atoms with van der Waals surface area (Å²) in [5.74, 6) is -2.30. The molecule has 2 aromatic rings. The van der Waals surface area contributed by atoms with Crippen LogP contribution in [0.15, 0.2) is 28.8 Å². The van der Waals surface area contributed by atoms with Gasteiger partial charge in [0.2, 0.25) is 5.82 Å². The van der Waals surface area contributed by atoms with Crippen LogP contribution < -0.4 is 0 Å². The highest BCUT2D eigenvalue weighted by Gasteiger charge is 2.38. The van der Waals surface area contributed by atoms with E-state index in [1.54, 1.807) is 0 Å². The van der Waals surface area contributed by atoms with Crippen LogP contribution in [0.5, 0.6) is 0 Å². The molecule has 0 unspecified atom stereocenters. The van der Waals surface area contributed by atoms with Crippen LogP contribution >= 0.6 is 0 Å². The standard InChI is InChI=1S/C11H7F3N2O3/c1-18-9(17)7-4-2-3-6(5-7)8-15-10(19-16-8)11(12,13)14/h2-5H,1H3/i12-1. The van der Waals surface area contributed by atoms with Gasteiger partial charge in [0, 0.05) is 5.56 Å². The van der Waals surface area contributed by atoms with E-state index in [2.05, 4.69) is 19.4 Å². The van der Waals surface area contributed by atoms with Gasteiger partial charge in [0.25, 0.3) is 0 Å². The van der Waals surface area contributed by atoms with Crippen molar-refractivity contribution in [2.75, 3.05) is 7.11 Å². The molecule has 0 N–H and O–H groups in total. The number of alkyl halides is 3. The molecular weight excluding hydrogens is 264 g/mol. The highest BCUT2D eigenvalue weighted by molar-refractivity contribution is 5.90. The van der Waals surface area contributed by atoms with Crippen LogP contribution in [0.2, 0.25) is 0 Å². The van der Waals surface area contributed by atoms with E-state index in [0.29, 0.717) is 0 Å². The van der Waals surface area contributed by atoms with E-state index in [4.69, 9.17) is 0 Å². The lowest BCUT2D eigenvalue weighted by Gasteiger charge is -2.00. The Morgan fingerprint density at radius 1 is 1.37 bits per heavy atom. The molecule has 0 bridgehead atoms. The maximum Gasteiger partial charge on any atom is 0.471 e. The first-order valence-electron chi connectivity index (χ1n) is 5.01. The lowest BCUT2D eigenvalue weighted by Crippen LogP contribution is -2.05. The number of aromatic nitrogens is 2. The summed E-state index contributed by atoms with van der Waals surface area (Å²) < 4.78 is 45.5. The topological polar surface area (TPSA) is 65.2 Å². The Kier molecular flexibility index (Phi) is 3.24. The fraction of sp³-hybridized carbons (Fsp3) is 0.182. The van der Waals surface area contributed by atoms with E-state index >= 15 is 0 Å². The third-order valence-electron chi connectivity index (χ3n) is 2.21. The summed E-state index contributed by atoms with van der Waals surface area (Å²) in [6.07, 6.45) is -4.70. The summed E-state index contributed by atoms with van der Waals surface area (Å²) in [7, 11) is 1.20. The number of hydrogen-bond donors (Lipinski definition) is 0. The number of benzene rings is 1. The van der Waals surface area contributed by atoms with Crippen LogP contribution in [-0.4, -0.2) is 23.2 Å². The molecule has 1 heterocycles. The van der Waals surface area contributed by atoms with Crippen molar-refractivity contribution in [2.45, 2.75) is 6.18 Å². The molecule has 8 heteroatoms. The van der Waals surface area contributed by atoms with Gasteiger partial charge in [-0.25, -0.2) is 4.79 Å². The van der Waals surface area contributed by atoms with Crippen molar-refractivity contribution in [3.8, 4) is 11.4 Å². The van der Waals surface area contributed by atoms with Gasteiger partial charge < -0.3 is 9.26 Å². The summed E-state index contributed by atoms with van der Waals surface area (Å²) in [4.78, 5) is 14.5. The molecular formula is C11H7F3N2O3. The number of rotatable bonds is 2. The van der Waals surface area contributed by atoms with Crippen molar-refractivity contribution in [1.29, 1.82) is 0 Å². The fourth-order valence-corrected chi connectivity index (χ4v) is 1.36. The molecule has 0 radical (unpaired) electrons. The summed E-state index contributed by atoms with van der Waals surface area (Å²) >= 11 is 0. The van der Waals surface area contributed by atoms with E-state index < -0.39 is 18.0 Å². The first kappa shape index (κ1) is 13.1. The van der Waals surface area contributed by atoms with Gasteiger partial charge in [-0.05, 0) is 12.1 Å². The van der Waals surface area contributed by atoms with Gasteiger partial charge in [0.05, 0.1) is 12.7 Å². The lowest BCUT2D eigenvalue weighted by atomic mass is 10.1. The van der Waals surface area contributed by atoms with Gasteiger partial charge in [0.15, 0.2) is 0 Å². The molecule has 0 spiro atoms. The number of carbonyl (C=O) groups is 1. The zero-order valence-corrected chi connectivity index (χ0v) is 9.56. The molecule has 0 saturated heterocycles. The van der Waals surface area contributed by atoms with Crippen molar-refractivity contribution >= 4 is 5.97 Å². The van der Waals surface area contributed by atoms with Gasteiger partial charge in [-0.2, -0.15) is 18.2 Å². The number of carbonyl (C=O) groups excluding carboxylic acids is 1. The molecule has 0 amide bonds. The fourth-order valence-electron chi connectivity index (χ4n) is 1.36. The molecule has 100 valence electrons. The summed E-state index contributed by atoms with van der Waals surface area (Å²) in [6, 6.07) is 5.71. The molecule has 1 aromatic heterocycles. The van der Waals surface area contributed by atoms with Crippen LogP contribution in [0.3, 0.4) is 0 Å². The Morgan fingerprint density at radius 3 is 2.68 bits per heavy atom. The van der Waals surface area contributed by atoms with Crippen molar-refractivity contribution in [1.82, 2.24) is 10.1 Å². The average molecular weight is 271 g/mol. The van der Waals surface area contributed by atoms with Gasteiger partial charge in [-0.15, -0.1) is 0 Å². The Labute approximate surface area is 105 Å². The van der Waals surface area contributed by atoms with E-state index in [-0.39, 0.29) is 17.0 Å². The summed E-state index contributed by atoms with van der Waals surface area (Å²) in [5, 5.41) is 3.22. The molecule has 2 rings (SSSR count). The van der Waals surface area contributed by atoms with E-state index in [1.807, 2.05) is 0 Å². The second-order valence-electron chi connectivity index (χ2n) is 3.49. The SMILES string of the molecule is COC(=O)c1cccc(-c2noc(C(F)(F)[18F])n2)c1. The van der Waals surface area contributed by atoms with Crippen LogP contribution in [0.1, 0.15) is 16.2 Å². The van der Waals surface area contributed by atoms with E-state index in [0.717, 1.165) is 0 Å². The Bertz CT molecular complexity index is 607. The highest BCUT2D eigenvalue weighted by Crippen LogP contribution is 2.29. The van der Waals surface area contributed by atoms with Crippen molar-refractivity contribution in [2.24, 2.45) is 0 Å². The van der Waals surface area contributed by atoms with Gasteiger partial charge in [-0.1, -0.05) is 17.3 Å². The number of esters is 1. The first-order chi connectivity index (χ1) is 8.91. The third-order valence-corrected chi connectivity index (χ3v) is 2.21. The number of methoxy groups -OCH3 is 1. The highest BCUT2D eigenvalue weighted by atomic mass is 19.3. The Hall–Kier alpha value is -2.38. The van der Waals surface area contributed by atoms with Gasteiger partial charge >= 0.3 is 18.0 Å². The summed E-state index contributed by atoms with van der Waals surface area (Å²) in [5.41, 5.74) is 0.403. The minimum atomic E-state index is -4.70. The minimum Gasteiger partial charge on any atom is -0.465 e. The van der Waals surface area contributed by atoms with Gasteiger partial charge in [0.1, 0.15) is 0 Å². The number of nitrogens with zero attached hydrogens (tertiary/aromatic N) is 2. The maximum absolute atomic E-state index is 12.3. The zero-order chi connectivity index (χ0) is 14.0. The predicted octanol–water partition coefficient (Wildman–Crippen LogP) is 2.54. The van der Waals surface area contributed by atoms with Crippen LogP contribution in [0.4, 0.5) is 13.2 Å². The molecule has 0 atom stereocenters. The Balaban J connectivity index is 2.37. The predicted molar refractivity (Wildman–Crippen MR) is 56.1 cm³/mol. The van der Waals surface area contributed by atoms with Gasteiger partial charge in [-0.3, -0.25) is 0 Å². The molecule has 0 fully saturated rings. The van der Waals surface area contributed by atoms with Crippen LogP contribution in [0.25, 0.3) is 11.4 Å². The second kappa shape index (κ2) is 4.71. The molecule has 1 aromatic carbocycles. The normalized spacial score (nSPS) is 11.4. The van der Waals surface area contributed by atoms with E-state index in [1.165, 1.54) is 31.4 Å². The smallest absolute Gasteiger partial charge is 0.465 e. The quantitative estimate of drug-likeness (QED) is 0.785. The van der Waals surface area contributed by atoms with Crippen molar-refractivity contribution in [3.05, 3.63) is 35.7 Å². The zero-order valence-electron chi connectivity index (χ0n) is 9.56. The van der Waals surface area contributed by atoms with Crippen molar-refractivity contribution in [3.63, 3.8) is 0 Å². The van der Waals surface area contributed by atoms with Crippen molar-refractivity contribution < 1.29 is 27.2 Å². The monoisotopic (exact) mass is 271 g/mol. The summed E-state index contributed by atoms with van der Waals surface area (Å²) in [6.45, 7) is 0. The number of hydrogen-bond acceptors (Lipinski definition) is 5. The number of halogens is 3. The molecule has 0 aliphatic heterocycles. The van der Waals surface area contributed by atoms with E-state index in [9.17, 15) is 18.0 Å². The average Bonchev–Trinajstić information content (AvgIpc) is 2.87. The molecule has 0 aliphatic carbocycles. The largest absolute Gasteiger partial charge is 0.471 e. The minimum absolute atomic E-state index is 0.179. The molecule has 19 heavy (non-hydrogen) atoms. The van der Waals surface area contributed by atoms with Crippen LogP contribution in [0, 0.1) is 0 Å². The number of ether oxygens (including phenoxy) is 1. The molecule has 5 nitrogen and oxygen atoms in total. The Morgan fingerprint density at radius 2 is 2.11 bits per heavy atom. The first-order valence-corrected chi connectivity index (χ1v) is 5.01. The molecule has 0 aliphatic rings. The maximum atomic E-state index is 12.3. The second-order valence-corrected chi connectivity index (χ2v) is 3.49.